The molecule has 0 N–H and O–H groups in total. The first-order chi connectivity index (χ1) is 10.9. The van der Waals surface area contributed by atoms with E-state index in [-0.39, 0.29) is 22.1 Å². The van der Waals surface area contributed by atoms with Gasteiger partial charge in [0.25, 0.3) is 0 Å². The van der Waals surface area contributed by atoms with E-state index in [0.717, 1.165) is 11.0 Å². The molecule has 5 nitrogen and oxygen atoms in total. The summed E-state index contributed by atoms with van der Waals surface area (Å²) >= 11 is 3.27. The van der Waals surface area contributed by atoms with E-state index in [4.69, 9.17) is 4.74 Å². The van der Waals surface area contributed by atoms with Gasteiger partial charge in [-0.1, -0.05) is 13.8 Å². The van der Waals surface area contributed by atoms with Gasteiger partial charge in [0.2, 0.25) is 0 Å². The predicted octanol–water partition coefficient (Wildman–Crippen LogP) is 3.38. The number of imidazole rings is 1. The second-order valence-electron chi connectivity index (χ2n) is 6.22. The molecule has 0 spiro atoms. The molecular formula is C16H15BrFN3O2. The van der Waals surface area contributed by atoms with Crippen LogP contribution < -0.4 is 10.4 Å². The van der Waals surface area contributed by atoms with Crippen LogP contribution in [-0.4, -0.2) is 20.7 Å². The quantitative estimate of drug-likeness (QED) is 0.651. The summed E-state index contributed by atoms with van der Waals surface area (Å²) in [5, 5.41) is 0.677. The second-order valence-corrected chi connectivity index (χ2v) is 7.01. The zero-order valence-corrected chi connectivity index (χ0v) is 14.5. The van der Waals surface area contributed by atoms with Crippen LogP contribution in [0, 0.1) is 11.7 Å². The van der Waals surface area contributed by atoms with Gasteiger partial charge in [0, 0.05) is 13.1 Å². The summed E-state index contributed by atoms with van der Waals surface area (Å²) in [7, 11) is 1.73. The zero-order chi connectivity index (χ0) is 16.5. The second kappa shape index (κ2) is 4.80. The van der Waals surface area contributed by atoms with Gasteiger partial charge in [-0.15, -0.1) is 0 Å². The molecule has 1 aliphatic rings. The number of aromatic nitrogens is 3. The van der Waals surface area contributed by atoms with Crippen LogP contribution >= 0.6 is 15.9 Å². The van der Waals surface area contributed by atoms with Crippen molar-refractivity contribution >= 4 is 37.9 Å². The number of aryl methyl sites for hydroxylation is 1. The molecule has 1 aliphatic heterocycles. The van der Waals surface area contributed by atoms with Crippen molar-refractivity contribution in [2.45, 2.75) is 19.9 Å². The first kappa shape index (κ1) is 14.7. The number of pyridine rings is 1. The average Bonchev–Trinajstić information content (AvgIpc) is 2.68. The van der Waals surface area contributed by atoms with Crippen LogP contribution in [0.25, 0.3) is 21.9 Å². The van der Waals surface area contributed by atoms with Crippen LogP contribution in [0.2, 0.25) is 0 Å². The molecule has 0 unspecified atom stereocenters. The number of hydrogen-bond donors (Lipinski definition) is 0. The van der Waals surface area contributed by atoms with E-state index in [0.29, 0.717) is 23.3 Å². The van der Waals surface area contributed by atoms with E-state index in [1.54, 1.807) is 22.4 Å². The Morgan fingerprint density at radius 1 is 1.48 bits per heavy atom. The summed E-state index contributed by atoms with van der Waals surface area (Å²) in [6, 6.07) is 1.24. The molecule has 1 aromatic carbocycles. The highest BCUT2D eigenvalue weighted by atomic mass is 79.9. The van der Waals surface area contributed by atoms with Crippen molar-refractivity contribution in [3.63, 3.8) is 0 Å². The van der Waals surface area contributed by atoms with Crippen LogP contribution in [0.3, 0.4) is 0 Å². The Labute approximate surface area is 139 Å². The Hall–Kier alpha value is -1.89. The minimum absolute atomic E-state index is 0.107. The van der Waals surface area contributed by atoms with Crippen molar-refractivity contribution in [2.75, 3.05) is 6.61 Å². The van der Waals surface area contributed by atoms with Crippen molar-refractivity contribution in [3.05, 3.63) is 33.0 Å². The molecule has 0 bridgehead atoms. The summed E-state index contributed by atoms with van der Waals surface area (Å²) in [5.74, 6) is 0.187. The lowest BCUT2D eigenvalue weighted by molar-refractivity contribution is 0.216. The standard InChI is InChI=1S/C16H15BrFN3O2/c1-7(2)11-6-23-15-12-9(4-8(18)13(15)17)19-5-10-14(12)21(11)16(22)20(10)3/h4-5,7,11H,6H2,1-3H3/t11-/m0/s1. The van der Waals surface area contributed by atoms with E-state index in [1.165, 1.54) is 6.07 Å². The van der Waals surface area contributed by atoms with Gasteiger partial charge in [-0.2, -0.15) is 0 Å². The highest BCUT2D eigenvalue weighted by Crippen LogP contribution is 2.42. The van der Waals surface area contributed by atoms with Gasteiger partial charge in [-0.25, -0.2) is 9.18 Å². The van der Waals surface area contributed by atoms with Gasteiger partial charge in [0.15, 0.2) is 0 Å². The summed E-state index contributed by atoms with van der Waals surface area (Å²) in [5.41, 5.74) is 1.86. The third-order valence-corrected chi connectivity index (χ3v) is 5.29. The first-order valence-electron chi connectivity index (χ1n) is 7.42. The molecule has 0 radical (unpaired) electrons. The third kappa shape index (κ3) is 1.83. The fourth-order valence-electron chi connectivity index (χ4n) is 3.27. The van der Waals surface area contributed by atoms with E-state index in [1.807, 2.05) is 13.8 Å². The molecule has 0 amide bonds. The van der Waals surface area contributed by atoms with Gasteiger partial charge < -0.3 is 4.74 Å². The molecule has 4 rings (SSSR count). The monoisotopic (exact) mass is 379 g/mol. The van der Waals surface area contributed by atoms with Crippen LogP contribution in [0.5, 0.6) is 5.75 Å². The molecule has 0 saturated carbocycles. The van der Waals surface area contributed by atoms with Crippen molar-refractivity contribution in [1.29, 1.82) is 0 Å². The Bertz CT molecular complexity index is 1020. The molecule has 23 heavy (non-hydrogen) atoms. The largest absolute Gasteiger partial charge is 0.489 e. The Morgan fingerprint density at radius 3 is 2.91 bits per heavy atom. The lowest BCUT2D eigenvalue weighted by Gasteiger charge is -2.20. The number of nitrogens with zero attached hydrogens (tertiary/aromatic N) is 3. The molecule has 3 aromatic rings. The van der Waals surface area contributed by atoms with Crippen LogP contribution in [0.15, 0.2) is 21.5 Å². The molecule has 0 aliphatic carbocycles. The predicted molar refractivity (Wildman–Crippen MR) is 89.5 cm³/mol. The highest BCUT2D eigenvalue weighted by molar-refractivity contribution is 9.10. The maximum absolute atomic E-state index is 14.1. The number of halogens is 2. The molecule has 1 atom stereocenters. The summed E-state index contributed by atoms with van der Waals surface area (Å²) in [6.45, 7) is 4.40. The first-order valence-corrected chi connectivity index (χ1v) is 8.21. The Balaban J connectivity index is 2.30. The highest BCUT2D eigenvalue weighted by Gasteiger charge is 2.30. The molecule has 0 saturated heterocycles. The van der Waals surface area contributed by atoms with Crippen LogP contribution in [-0.2, 0) is 7.05 Å². The van der Waals surface area contributed by atoms with E-state index in [2.05, 4.69) is 20.9 Å². The molecular weight excluding hydrogens is 365 g/mol. The lowest BCUT2D eigenvalue weighted by Crippen LogP contribution is -2.31. The summed E-state index contributed by atoms with van der Waals surface area (Å²) < 4.78 is 23.7. The van der Waals surface area contributed by atoms with Crippen LogP contribution in [0.1, 0.15) is 19.9 Å². The summed E-state index contributed by atoms with van der Waals surface area (Å²) in [6.07, 6.45) is 1.62. The van der Waals surface area contributed by atoms with Crippen molar-refractivity contribution in [2.24, 2.45) is 13.0 Å². The normalized spacial score (nSPS) is 17.2. The fourth-order valence-corrected chi connectivity index (χ4v) is 3.69. The van der Waals surface area contributed by atoms with Gasteiger partial charge in [0.1, 0.15) is 18.2 Å². The van der Waals surface area contributed by atoms with E-state index in [9.17, 15) is 9.18 Å². The molecule has 3 heterocycles. The number of benzene rings is 1. The van der Waals surface area contributed by atoms with Gasteiger partial charge >= 0.3 is 5.69 Å². The number of ether oxygens (including phenoxy) is 1. The minimum Gasteiger partial charge on any atom is -0.489 e. The molecule has 120 valence electrons. The zero-order valence-electron chi connectivity index (χ0n) is 12.9. The number of hydrogen-bond acceptors (Lipinski definition) is 3. The SMILES string of the molecule is CC(C)[C@@H]1COc2c(Br)c(F)cc3ncc4c(c23)n1c(=O)n4C. The Morgan fingerprint density at radius 2 is 2.22 bits per heavy atom. The van der Waals surface area contributed by atoms with E-state index >= 15 is 0 Å². The van der Waals surface area contributed by atoms with Crippen molar-refractivity contribution < 1.29 is 9.13 Å². The minimum atomic E-state index is -0.424. The molecule has 7 heteroatoms. The topological polar surface area (TPSA) is 49.1 Å². The van der Waals surface area contributed by atoms with Gasteiger partial charge in [0.05, 0.1) is 38.6 Å². The van der Waals surface area contributed by atoms with Crippen molar-refractivity contribution in [1.82, 2.24) is 14.1 Å². The lowest BCUT2D eigenvalue weighted by atomic mass is 10.1. The average molecular weight is 380 g/mol. The van der Waals surface area contributed by atoms with Crippen LogP contribution in [0.4, 0.5) is 4.39 Å². The summed E-state index contributed by atoms with van der Waals surface area (Å²) in [4.78, 5) is 17.1. The maximum Gasteiger partial charge on any atom is 0.329 e. The van der Waals surface area contributed by atoms with Gasteiger partial charge in [-0.05, 0) is 21.8 Å². The van der Waals surface area contributed by atoms with E-state index < -0.39 is 5.82 Å². The Kier molecular flexibility index (Phi) is 3.07. The fraction of sp³-hybridized carbons (Fsp3) is 0.375. The van der Waals surface area contributed by atoms with Gasteiger partial charge in [-0.3, -0.25) is 14.1 Å². The third-order valence-electron chi connectivity index (χ3n) is 4.56. The smallest absolute Gasteiger partial charge is 0.329 e. The van der Waals surface area contributed by atoms with Crippen molar-refractivity contribution in [3.8, 4) is 5.75 Å². The molecule has 2 aromatic heterocycles. The maximum atomic E-state index is 14.1. The number of rotatable bonds is 1. The molecule has 0 fully saturated rings.